The summed E-state index contributed by atoms with van der Waals surface area (Å²) in [7, 11) is 1.75. The molecule has 0 aliphatic rings. The fourth-order valence-electron chi connectivity index (χ4n) is 2.77. The van der Waals surface area contributed by atoms with Gasteiger partial charge in [0.1, 0.15) is 13.2 Å². The Morgan fingerprint density at radius 2 is 1.14 bits per heavy atom. The normalized spacial score (nSPS) is 14.3. The first kappa shape index (κ1) is 28.0. The van der Waals surface area contributed by atoms with E-state index in [-0.39, 0.29) is 13.2 Å². The molecule has 0 heterocycles. The first-order valence-corrected chi connectivity index (χ1v) is 12.7. The van der Waals surface area contributed by atoms with Crippen molar-refractivity contribution in [3.05, 3.63) is 0 Å². The Labute approximate surface area is 174 Å². The topological polar surface area (TPSA) is 67.8 Å². The lowest BCUT2D eigenvalue weighted by Crippen LogP contribution is -2.37. The summed E-state index contributed by atoms with van der Waals surface area (Å²) >= 11 is 0. The zero-order valence-corrected chi connectivity index (χ0v) is 19.9. The summed E-state index contributed by atoms with van der Waals surface area (Å²) in [4.78, 5) is 11.6. The van der Waals surface area contributed by atoms with Crippen LogP contribution in [0.2, 0.25) is 0 Å². The van der Waals surface area contributed by atoms with Crippen LogP contribution in [-0.2, 0) is 18.3 Å². The molecule has 1 unspecified atom stereocenters. The van der Waals surface area contributed by atoms with Crippen molar-refractivity contribution in [3.63, 3.8) is 0 Å². The molecule has 0 spiro atoms. The second-order valence-corrected chi connectivity index (χ2v) is 10.0. The van der Waals surface area contributed by atoms with Crippen LogP contribution in [-0.4, -0.2) is 58.6 Å². The van der Waals surface area contributed by atoms with Crippen molar-refractivity contribution < 1.29 is 27.7 Å². The summed E-state index contributed by atoms with van der Waals surface area (Å²) in [5, 5.41) is 0. The summed E-state index contributed by atoms with van der Waals surface area (Å²) in [6.07, 6.45) is 15.1. The molecule has 0 saturated heterocycles. The van der Waals surface area contributed by atoms with Crippen molar-refractivity contribution in [2.24, 2.45) is 0 Å². The van der Waals surface area contributed by atoms with Crippen LogP contribution in [0.5, 0.6) is 0 Å². The highest BCUT2D eigenvalue weighted by Gasteiger charge is 2.12. The minimum absolute atomic E-state index is 0.114. The molecule has 0 aromatic heterocycles. The molecule has 0 radical (unpaired) electrons. The number of hydrogen-bond acceptors (Lipinski definition) is 5. The Morgan fingerprint density at radius 3 is 1.68 bits per heavy atom. The van der Waals surface area contributed by atoms with E-state index >= 15 is 0 Å². The van der Waals surface area contributed by atoms with Crippen LogP contribution in [0.25, 0.3) is 0 Å². The predicted molar refractivity (Wildman–Crippen MR) is 114 cm³/mol. The van der Waals surface area contributed by atoms with Crippen LogP contribution < -0.4 is 4.89 Å². The number of unbranched alkanes of at least 4 members (excludes halogenated alkanes) is 10. The van der Waals surface area contributed by atoms with Crippen molar-refractivity contribution >= 4 is 7.82 Å². The van der Waals surface area contributed by atoms with E-state index in [1.54, 1.807) is 0 Å². The van der Waals surface area contributed by atoms with Crippen molar-refractivity contribution in [1.29, 1.82) is 0 Å². The standard InChI is InChI=1S/C21H46NO5P/c1-5-6-7-8-9-10-11-12-13-14-15-18-25-19-16-20-26-28(23,24)27-21-17-22(2,3)4/h5-21H2,1-4H3. The van der Waals surface area contributed by atoms with E-state index in [9.17, 15) is 9.46 Å². The fourth-order valence-corrected chi connectivity index (χ4v) is 3.50. The molecule has 0 aromatic rings. The maximum absolute atomic E-state index is 11.6. The lowest BCUT2D eigenvalue weighted by Gasteiger charge is -2.27. The van der Waals surface area contributed by atoms with Gasteiger partial charge in [0, 0.05) is 13.2 Å². The van der Waals surface area contributed by atoms with Gasteiger partial charge >= 0.3 is 0 Å². The molecule has 6 nitrogen and oxygen atoms in total. The van der Waals surface area contributed by atoms with E-state index in [0.717, 1.165) is 13.0 Å². The highest BCUT2D eigenvalue weighted by molar-refractivity contribution is 7.45. The molecule has 0 saturated carbocycles. The number of rotatable bonds is 21. The van der Waals surface area contributed by atoms with Crippen molar-refractivity contribution in [1.82, 2.24) is 0 Å². The molecule has 7 heteroatoms. The Bertz CT molecular complexity index is 387. The fraction of sp³-hybridized carbons (Fsp3) is 1.00. The number of quaternary nitrogens is 1. The second-order valence-electron chi connectivity index (χ2n) is 8.63. The van der Waals surface area contributed by atoms with Crippen molar-refractivity contribution in [2.45, 2.75) is 84.0 Å². The van der Waals surface area contributed by atoms with Gasteiger partial charge in [-0.05, 0) is 12.8 Å². The molecule has 170 valence electrons. The van der Waals surface area contributed by atoms with E-state index in [2.05, 4.69) is 6.92 Å². The molecular weight excluding hydrogens is 377 g/mol. The van der Waals surface area contributed by atoms with Gasteiger partial charge in [0.2, 0.25) is 0 Å². The summed E-state index contributed by atoms with van der Waals surface area (Å²) < 4.78 is 27.5. The molecule has 28 heavy (non-hydrogen) atoms. The summed E-state index contributed by atoms with van der Waals surface area (Å²) in [5.74, 6) is 0. The molecule has 1 atom stereocenters. The minimum Gasteiger partial charge on any atom is -0.756 e. The van der Waals surface area contributed by atoms with Gasteiger partial charge in [-0.1, -0.05) is 71.1 Å². The summed E-state index contributed by atoms with van der Waals surface area (Å²) in [6, 6.07) is 0. The quantitative estimate of drug-likeness (QED) is 0.149. The van der Waals surface area contributed by atoms with Crippen LogP contribution in [0.4, 0.5) is 0 Å². The predicted octanol–water partition coefficient (Wildman–Crippen LogP) is 4.91. The van der Waals surface area contributed by atoms with E-state index in [1.165, 1.54) is 64.2 Å². The van der Waals surface area contributed by atoms with Crippen molar-refractivity contribution in [3.8, 4) is 0 Å². The van der Waals surface area contributed by atoms with Crippen LogP contribution in [0.1, 0.15) is 84.0 Å². The Morgan fingerprint density at radius 1 is 0.679 bits per heavy atom. The molecule has 0 aliphatic heterocycles. The minimum atomic E-state index is -4.18. The van der Waals surface area contributed by atoms with E-state index in [0.29, 0.717) is 24.1 Å². The van der Waals surface area contributed by atoms with Crippen LogP contribution in [0, 0.1) is 0 Å². The van der Waals surface area contributed by atoms with Gasteiger partial charge in [0.15, 0.2) is 0 Å². The molecule has 0 bridgehead atoms. The number of phosphoric ester groups is 1. The molecular formula is C21H46NO5P. The first-order chi connectivity index (χ1) is 13.3. The monoisotopic (exact) mass is 423 g/mol. The summed E-state index contributed by atoms with van der Waals surface area (Å²) in [6.45, 7) is 4.39. The average molecular weight is 424 g/mol. The van der Waals surface area contributed by atoms with E-state index in [1.807, 2.05) is 21.1 Å². The van der Waals surface area contributed by atoms with Crippen molar-refractivity contribution in [2.75, 3.05) is 54.1 Å². The zero-order valence-electron chi connectivity index (χ0n) is 19.0. The van der Waals surface area contributed by atoms with Gasteiger partial charge in [0.25, 0.3) is 7.82 Å². The lowest BCUT2D eigenvalue weighted by atomic mass is 10.1. The van der Waals surface area contributed by atoms with Gasteiger partial charge in [-0.25, -0.2) is 0 Å². The number of phosphoric acid groups is 1. The molecule has 0 amide bonds. The maximum Gasteiger partial charge on any atom is 0.268 e. The van der Waals surface area contributed by atoms with Gasteiger partial charge in [0.05, 0.1) is 27.7 Å². The number of ether oxygens (including phenoxy) is 1. The van der Waals surface area contributed by atoms with Gasteiger partial charge < -0.3 is 23.2 Å². The first-order valence-electron chi connectivity index (χ1n) is 11.2. The van der Waals surface area contributed by atoms with Gasteiger partial charge in [-0.15, -0.1) is 0 Å². The van der Waals surface area contributed by atoms with Gasteiger partial charge in [-0.3, -0.25) is 4.57 Å². The summed E-state index contributed by atoms with van der Waals surface area (Å²) in [5.41, 5.74) is 0. The maximum atomic E-state index is 11.6. The highest BCUT2D eigenvalue weighted by atomic mass is 31.2. The van der Waals surface area contributed by atoms with E-state index in [4.69, 9.17) is 13.8 Å². The second kappa shape index (κ2) is 17.9. The Balaban J connectivity index is 3.29. The van der Waals surface area contributed by atoms with Gasteiger partial charge in [-0.2, -0.15) is 0 Å². The number of hydrogen-bond donors (Lipinski definition) is 0. The molecule has 0 N–H and O–H groups in total. The average Bonchev–Trinajstić information content (AvgIpc) is 2.60. The van der Waals surface area contributed by atoms with E-state index < -0.39 is 7.82 Å². The Hall–Kier alpha value is 0.0300. The largest absolute Gasteiger partial charge is 0.756 e. The van der Waals surface area contributed by atoms with Crippen LogP contribution >= 0.6 is 7.82 Å². The molecule has 0 aromatic carbocycles. The smallest absolute Gasteiger partial charge is 0.268 e. The molecule has 0 rings (SSSR count). The zero-order chi connectivity index (χ0) is 21.1. The third-order valence-corrected chi connectivity index (χ3v) is 5.58. The lowest BCUT2D eigenvalue weighted by molar-refractivity contribution is -0.870. The number of nitrogens with zero attached hydrogens (tertiary/aromatic N) is 1. The third-order valence-electron chi connectivity index (χ3n) is 4.59. The third kappa shape index (κ3) is 22.3. The van der Waals surface area contributed by atoms with Crippen LogP contribution in [0.15, 0.2) is 0 Å². The number of likely N-dealkylation sites (N-methyl/N-ethyl adjacent to an activating group) is 1. The van der Waals surface area contributed by atoms with Crippen LogP contribution in [0.3, 0.4) is 0 Å². The molecule has 0 fully saturated rings. The Kier molecular flexibility index (Phi) is 17.9. The molecule has 0 aliphatic carbocycles. The highest BCUT2D eigenvalue weighted by Crippen LogP contribution is 2.38. The SMILES string of the molecule is CCCCCCCCCCCCCOCCCOP(=O)([O-])OCC[N+](C)(C)C.